The second-order valence-electron chi connectivity index (χ2n) is 8.00. The first-order chi connectivity index (χ1) is 15.2. The number of nitrogens with one attached hydrogen (secondary N) is 2. The summed E-state index contributed by atoms with van der Waals surface area (Å²) in [4.78, 5) is 24.4. The van der Waals surface area contributed by atoms with E-state index in [0.29, 0.717) is 48.0 Å². The summed E-state index contributed by atoms with van der Waals surface area (Å²) in [5.41, 5.74) is 1.87. The number of carbonyl (C=O) groups excluding carboxylic acids is 2. The van der Waals surface area contributed by atoms with E-state index in [9.17, 15) is 18.0 Å². The summed E-state index contributed by atoms with van der Waals surface area (Å²) in [5.74, 6) is -0.564. The Morgan fingerprint density at radius 1 is 1.28 bits per heavy atom. The summed E-state index contributed by atoms with van der Waals surface area (Å²) in [5, 5.41) is 6.20. The van der Waals surface area contributed by atoms with Crippen molar-refractivity contribution in [2.45, 2.75) is 31.2 Å². The van der Waals surface area contributed by atoms with Crippen molar-refractivity contribution in [1.82, 2.24) is 9.62 Å². The Bertz CT molecular complexity index is 1150. The van der Waals surface area contributed by atoms with Crippen LogP contribution in [0.5, 0.6) is 5.75 Å². The third-order valence-corrected chi connectivity index (χ3v) is 7.92. The Balaban J connectivity index is 1.47. The van der Waals surface area contributed by atoms with Gasteiger partial charge in [-0.2, -0.15) is 4.31 Å². The number of ether oxygens (including phenoxy) is 1. The molecule has 1 saturated heterocycles. The van der Waals surface area contributed by atoms with Gasteiger partial charge in [0.15, 0.2) is 6.61 Å². The minimum Gasteiger partial charge on any atom is -0.482 e. The standard InChI is InChI=1S/C22H24ClN3O5S/c1-14-9-18-19(31-13-21(27)25-18)10-20(14)32(29,30)26-8-2-3-16(12-26)22(28)24-11-15-4-6-17(23)7-5-15/h4-7,9-10,16H,2-3,8,11-13H2,1H3,(H,24,28)(H,25,27)/t16-/m1/s1. The van der Waals surface area contributed by atoms with Crippen LogP contribution in [0.4, 0.5) is 5.69 Å². The van der Waals surface area contributed by atoms with Crippen molar-refractivity contribution in [2.75, 3.05) is 25.0 Å². The maximum absolute atomic E-state index is 13.4. The highest BCUT2D eigenvalue weighted by atomic mass is 35.5. The van der Waals surface area contributed by atoms with Crippen molar-refractivity contribution in [3.8, 4) is 5.75 Å². The number of sulfonamides is 1. The van der Waals surface area contributed by atoms with Crippen LogP contribution in [0.2, 0.25) is 5.02 Å². The third-order valence-electron chi connectivity index (χ3n) is 5.66. The molecule has 0 aromatic heterocycles. The lowest BCUT2D eigenvalue weighted by Crippen LogP contribution is -2.45. The van der Waals surface area contributed by atoms with Gasteiger partial charge in [-0.3, -0.25) is 9.59 Å². The number of aryl methyl sites for hydroxylation is 1. The number of halogens is 1. The summed E-state index contributed by atoms with van der Waals surface area (Å²) < 4.78 is 33.5. The van der Waals surface area contributed by atoms with E-state index < -0.39 is 15.9 Å². The molecular weight excluding hydrogens is 454 g/mol. The van der Waals surface area contributed by atoms with Gasteiger partial charge in [-0.05, 0) is 49.1 Å². The number of anilines is 1. The fourth-order valence-corrected chi connectivity index (χ4v) is 5.82. The zero-order valence-corrected chi connectivity index (χ0v) is 19.1. The van der Waals surface area contributed by atoms with Crippen LogP contribution < -0.4 is 15.4 Å². The predicted octanol–water partition coefficient (Wildman–Crippen LogP) is 2.70. The fraction of sp³-hybridized carbons (Fsp3) is 0.364. The highest BCUT2D eigenvalue weighted by Crippen LogP contribution is 2.35. The molecular formula is C22H24ClN3O5S. The molecule has 0 radical (unpaired) electrons. The van der Waals surface area contributed by atoms with Gasteiger partial charge >= 0.3 is 0 Å². The lowest BCUT2D eigenvalue weighted by atomic mass is 9.99. The van der Waals surface area contributed by atoms with Crippen molar-refractivity contribution in [3.63, 3.8) is 0 Å². The number of fused-ring (bicyclic) bond motifs is 1. The number of piperidine rings is 1. The van der Waals surface area contributed by atoms with Crippen LogP contribution in [0.3, 0.4) is 0 Å². The van der Waals surface area contributed by atoms with Gasteiger partial charge in [-0.1, -0.05) is 23.7 Å². The van der Waals surface area contributed by atoms with Gasteiger partial charge in [0.2, 0.25) is 15.9 Å². The molecule has 32 heavy (non-hydrogen) atoms. The van der Waals surface area contributed by atoms with Crippen LogP contribution in [0.15, 0.2) is 41.3 Å². The van der Waals surface area contributed by atoms with E-state index >= 15 is 0 Å². The zero-order chi connectivity index (χ0) is 22.9. The smallest absolute Gasteiger partial charge is 0.262 e. The minimum atomic E-state index is -3.83. The van der Waals surface area contributed by atoms with Gasteiger partial charge in [-0.15, -0.1) is 0 Å². The monoisotopic (exact) mass is 477 g/mol. The number of nitrogens with zero attached hydrogens (tertiary/aromatic N) is 1. The first kappa shape index (κ1) is 22.6. The number of hydrogen-bond donors (Lipinski definition) is 2. The maximum atomic E-state index is 13.4. The molecule has 0 spiro atoms. The summed E-state index contributed by atoms with van der Waals surface area (Å²) in [7, 11) is -3.83. The summed E-state index contributed by atoms with van der Waals surface area (Å²) in [6.07, 6.45) is 1.21. The number of carbonyl (C=O) groups is 2. The van der Waals surface area contributed by atoms with Crippen molar-refractivity contribution in [2.24, 2.45) is 5.92 Å². The molecule has 2 aliphatic heterocycles. The van der Waals surface area contributed by atoms with Gasteiger partial charge in [0, 0.05) is 30.7 Å². The summed E-state index contributed by atoms with van der Waals surface area (Å²) >= 11 is 5.89. The Morgan fingerprint density at radius 2 is 2.03 bits per heavy atom. The summed E-state index contributed by atoms with van der Waals surface area (Å²) in [6, 6.07) is 10.2. The molecule has 2 amide bonds. The molecule has 2 heterocycles. The van der Waals surface area contributed by atoms with E-state index in [-0.39, 0.29) is 29.9 Å². The Hall–Kier alpha value is -2.62. The number of hydrogen-bond acceptors (Lipinski definition) is 5. The molecule has 2 aliphatic rings. The predicted molar refractivity (Wildman–Crippen MR) is 120 cm³/mol. The third kappa shape index (κ3) is 4.74. The van der Waals surface area contributed by atoms with Gasteiger partial charge in [0.05, 0.1) is 16.5 Å². The van der Waals surface area contributed by atoms with Crippen LogP contribution in [0.25, 0.3) is 0 Å². The van der Waals surface area contributed by atoms with E-state index in [4.69, 9.17) is 16.3 Å². The van der Waals surface area contributed by atoms with Crippen molar-refractivity contribution < 1.29 is 22.7 Å². The molecule has 2 aromatic rings. The van der Waals surface area contributed by atoms with Crippen LogP contribution >= 0.6 is 11.6 Å². The number of benzene rings is 2. The van der Waals surface area contributed by atoms with E-state index in [2.05, 4.69) is 10.6 Å². The second kappa shape index (κ2) is 9.09. The van der Waals surface area contributed by atoms with Crippen molar-refractivity contribution in [1.29, 1.82) is 0 Å². The molecule has 1 fully saturated rings. The van der Waals surface area contributed by atoms with Crippen molar-refractivity contribution >= 4 is 39.1 Å². The van der Waals surface area contributed by atoms with Crippen LogP contribution in [-0.4, -0.2) is 44.2 Å². The van der Waals surface area contributed by atoms with E-state index in [1.807, 2.05) is 12.1 Å². The van der Waals surface area contributed by atoms with Crippen LogP contribution in [0.1, 0.15) is 24.0 Å². The molecule has 0 saturated carbocycles. The molecule has 1 atom stereocenters. The first-order valence-corrected chi connectivity index (χ1v) is 12.2. The quantitative estimate of drug-likeness (QED) is 0.689. The van der Waals surface area contributed by atoms with E-state index in [0.717, 1.165) is 5.56 Å². The highest BCUT2D eigenvalue weighted by Gasteiger charge is 2.35. The topological polar surface area (TPSA) is 105 Å². The Labute approximate surface area is 191 Å². The minimum absolute atomic E-state index is 0.114. The molecule has 8 nitrogen and oxygen atoms in total. The molecule has 4 rings (SSSR count). The normalized spacial score (nSPS) is 18.9. The molecule has 10 heteroatoms. The lowest BCUT2D eigenvalue weighted by molar-refractivity contribution is -0.126. The molecule has 2 aromatic carbocycles. The Morgan fingerprint density at radius 3 is 2.78 bits per heavy atom. The van der Waals surface area contributed by atoms with E-state index in [1.54, 1.807) is 25.1 Å². The molecule has 170 valence electrons. The largest absolute Gasteiger partial charge is 0.482 e. The molecule has 0 aliphatic carbocycles. The first-order valence-electron chi connectivity index (χ1n) is 10.3. The average Bonchev–Trinajstić information content (AvgIpc) is 2.78. The fourth-order valence-electron chi connectivity index (χ4n) is 3.94. The highest BCUT2D eigenvalue weighted by molar-refractivity contribution is 7.89. The van der Waals surface area contributed by atoms with E-state index in [1.165, 1.54) is 10.4 Å². The second-order valence-corrected chi connectivity index (χ2v) is 10.3. The average molecular weight is 478 g/mol. The van der Waals surface area contributed by atoms with Gasteiger partial charge < -0.3 is 15.4 Å². The van der Waals surface area contributed by atoms with Gasteiger partial charge in [0.1, 0.15) is 5.75 Å². The van der Waals surface area contributed by atoms with Crippen molar-refractivity contribution in [3.05, 3.63) is 52.5 Å². The lowest BCUT2D eigenvalue weighted by Gasteiger charge is -2.32. The molecule has 0 unspecified atom stereocenters. The number of rotatable bonds is 5. The Kier molecular flexibility index (Phi) is 6.41. The zero-order valence-electron chi connectivity index (χ0n) is 17.6. The maximum Gasteiger partial charge on any atom is 0.262 e. The molecule has 0 bridgehead atoms. The van der Waals surface area contributed by atoms with Crippen LogP contribution in [0, 0.1) is 12.8 Å². The molecule has 2 N–H and O–H groups in total. The summed E-state index contributed by atoms with van der Waals surface area (Å²) in [6.45, 7) is 2.33. The van der Waals surface area contributed by atoms with Gasteiger partial charge in [-0.25, -0.2) is 8.42 Å². The SMILES string of the molecule is Cc1cc2c(cc1S(=O)(=O)N1CCC[C@@H](C(=O)NCc3ccc(Cl)cc3)C1)OCC(=O)N2. The van der Waals surface area contributed by atoms with Crippen LogP contribution in [-0.2, 0) is 26.2 Å². The number of amides is 2. The van der Waals surface area contributed by atoms with Gasteiger partial charge in [0.25, 0.3) is 5.91 Å².